The first kappa shape index (κ1) is 17.1. The van der Waals surface area contributed by atoms with Crippen molar-refractivity contribution in [2.45, 2.75) is 38.6 Å². The summed E-state index contributed by atoms with van der Waals surface area (Å²) in [4.78, 5) is 2.38. The summed E-state index contributed by atoms with van der Waals surface area (Å²) in [6.45, 7) is 7.26. The van der Waals surface area contributed by atoms with Crippen LogP contribution in [0.5, 0.6) is 0 Å². The van der Waals surface area contributed by atoms with Gasteiger partial charge in [0.1, 0.15) is 0 Å². The number of nitrogens with zero attached hydrogens (tertiary/aromatic N) is 2. The molecule has 0 aliphatic carbocycles. The topological polar surface area (TPSA) is 64.7 Å². The molecule has 2 N–H and O–H groups in total. The fourth-order valence-electron chi connectivity index (χ4n) is 3.40. The van der Waals surface area contributed by atoms with Crippen molar-refractivity contribution >= 4 is 10.2 Å². The van der Waals surface area contributed by atoms with Crippen LogP contribution >= 0.6 is 0 Å². The van der Waals surface area contributed by atoms with Gasteiger partial charge in [0.2, 0.25) is 0 Å². The Kier molecular flexibility index (Phi) is 6.43. The molecule has 2 heterocycles. The van der Waals surface area contributed by atoms with Gasteiger partial charge in [0.25, 0.3) is 10.2 Å². The van der Waals surface area contributed by atoms with Crippen LogP contribution in [0.25, 0.3) is 0 Å². The summed E-state index contributed by atoms with van der Waals surface area (Å²) in [5, 5.41) is 3.11. The average molecular weight is 318 g/mol. The molecule has 21 heavy (non-hydrogen) atoms. The van der Waals surface area contributed by atoms with Crippen molar-refractivity contribution in [3.63, 3.8) is 0 Å². The molecule has 2 fully saturated rings. The molecule has 0 radical (unpaired) electrons. The predicted octanol–water partition coefficient (Wildman–Crippen LogP) is 0.237. The number of rotatable bonds is 7. The van der Waals surface area contributed by atoms with Crippen molar-refractivity contribution in [3.8, 4) is 0 Å². The van der Waals surface area contributed by atoms with E-state index >= 15 is 0 Å². The van der Waals surface area contributed by atoms with E-state index in [0.29, 0.717) is 19.0 Å². The van der Waals surface area contributed by atoms with Gasteiger partial charge in [-0.3, -0.25) is 0 Å². The third-order valence-corrected chi connectivity index (χ3v) is 6.32. The molecule has 124 valence electrons. The first-order valence-electron chi connectivity index (χ1n) is 8.20. The Morgan fingerprint density at radius 1 is 1.14 bits per heavy atom. The fourth-order valence-corrected chi connectivity index (χ4v) is 4.96. The van der Waals surface area contributed by atoms with E-state index in [2.05, 4.69) is 21.9 Å². The first-order chi connectivity index (χ1) is 10.1. The van der Waals surface area contributed by atoms with Crippen molar-refractivity contribution in [1.82, 2.24) is 19.2 Å². The Morgan fingerprint density at radius 3 is 2.62 bits per heavy atom. The van der Waals surface area contributed by atoms with Crippen LogP contribution in [-0.2, 0) is 10.2 Å². The second-order valence-electron chi connectivity index (χ2n) is 6.22. The van der Waals surface area contributed by atoms with Gasteiger partial charge >= 0.3 is 0 Å². The molecule has 0 aromatic carbocycles. The van der Waals surface area contributed by atoms with Crippen molar-refractivity contribution in [2.75, 3.05) is 46.3 Å². The molecule has 2 aliphatic heterocycles. The van der Waals surface area contributed by atoms with Gasteiger partial charge in [0, 0.05) is 32.2 Å². The predicted molar refractivity (Wildman–Crippen MR) is 85.4 cm³/mol. The number of likely N-dealkylation sites (N-methyl/N-ethyl adjacent to an activating group) is 1. The largest absolute Gasteiger partial charge is 0.318 e. The van der Waals surface area contributed by atoms with E-state index in [9.17, 15) is 8.42 Å². The van der Waals surface area contributed by atoms with Crippen molar-refractivity contribution in [3.05, 3.63) is 0 Å². The molecule has 0 bridgehead atoms. The van der Waals surface area contributed by atoms with Crippen LogP contribution in [0.3, 0.4) is 0 Å². The molecule has 2 unspecified atom stereocenters. The van der Waals surface area contributed by atoms with Crippen LogP contribution in [0.15, 0.2) is 0 Å². The SMILES string of the molecule is CCN1CCC(CNS(=O)(=O)N2CCCCC2CNC)C1. The van der Waals surface area contributed by atoms with Crippen molar-refractivity contribution in [1.29, 1.82) is 0 Å². The number of nitrogens with one attached hydrogen (secondary N) is 2. The lowest BCUT2D eigenvalue weighted by atomic mass is 10.1. The number of likely N-dealkylation sites (tertiary alicyclic amines) is 1. The molecular formula is C14H30N4O2S. The molecule has 0 saturated carbocycles. The van der Waals surface area contributed by atoms with Gasteiger partial charge in [-0.2, -0.15) is 12.7 Å². The van der Waals surface area contributed by atoms with Crippen LogP contribution in [0.1, 0.15) is 32.6 Å². The number of hydrogen-bond donors (Lipinski definition) is 2. The third kappa shape index (κ3) is 4.63. The molecule has 0 amide bonds. The molecule has 0 spiro atoms. The summed E-state index contributed by atoms with van der Waals surface area (Å²) >= 11 is 0. The van der Waals surface area contributed by atoms with Crippen LogP contribution in [-0.4, -0.2) is 70.0 Å². The Balaban J connectivity index is 1.88. The van der Waals surface area contributed by atoms with Crippen LogP contribution in [0.2, 0.25) is 0 Å². The molecule has 2 saturated heterocycles. The van der Waals surface area contributed by atoms with Gasteiger partial charge < -0.3 is 10.2 Å². The van der Waals surface area contributed by atoms with Crippen LogP contribution < -0.4 is 10.0 Å². The molecule has 2 aliphatic rings. The molecule has 7 heteroatoms. The van der Waals surface area contributed by atoms with Gasteiger partial charge in [-0.15, -0.1) is 0 Å². The minimum Gasteiger partial charge on any atom is -0.318 e. The maximum atomic E-state index is 12.6. The summed E-state index contributed by atoms with van der Waals surface area (Å²) < 4.78 is 29.6. The zero-order valence-electron chi connectivity index (χ0n) is 13.3. The zero-order valence-corrected chi connectivity index (χ0v) is 14.2. The summed E-state index contributed by atoms with van der Waals surface area (Å²) in [7, 11) is -1.46. The van der Waals surface area contributed by atoms with Gasteiger partial charge in [-0.1, -0.05) is 13.3 Å². The Hall–Kier alpha value is -0.210. The monoisotopic (exact) mass is 318 g/mol. The van der Waals surface area contributed by atoms with E-state index in [0.717, 1.165) is 51.9 Å². The summed E-state index contributed by atoms with van der Waals surface area (Å²) in [5.74, 6) is 0.451. The number of piperidine rings is 1. The van der Waals surface area contributed by atoms with E-state index in [-0.39, 0.29) is 6.04 Å². The highest BCUT2D eigenvalue weighted by Crippen LogP contribution is 2.20. The lowest BCUT2D eigenvalue weighted by Gasteiger charge is -2.34. The van der Waals surface area contributed by atoms with Crippen molar-refractivity contribution < 1.29 is 8.42 Å². The highest BCUT2D eigenvalue weighted by atomic mass is 32.2. The van der Waals surface area contributed by atoms with Gasteiger partial charge in [-0.05, 0) is 45.3 Å². The molecule has 6 nitrogen and oxygen atoms in total. The first-order valence-corrected chi connectivity index (χ1v) is 9.64. The minimum absolute atomic E-state index is 0.0944. The second-order valence-corrected chi connectivity index (χ2v) is 7.93. The average Bonchev–Trinajstić information content (AvgIpc) is 2.94. The van der Waals surface area contributed by atoms with Gasteiger partial charge in [-0.25, -0.2) is 4.72 Å². The van der Waals surface area contributed by atoms with Gasteiger partial charge in [0.05, 0.1) is 0 Å². The Labute approximate surface area is 129 Å². The van der Waals surface area contributed by atoms with Crippen molar-refractivity contribution in [2.24, 2.45) is 5.92 Å². The maximum absolute atomic E-state index is 12.6. The highest BCUT2D eigenvalue weighted by Gasteiger charge is 2.32. The lowest BCUT2D eigenvalue weighted by Crippen LogP contribution is -2.52. The summed E-state index contributed by atoms with van der Waals surface area (Å²) in [6, 6.07) is 0.0944. The highest BCUT2D eigenvalue weighted by molar-refractivity contribution is 7.87. The lowest BCUT2D eigenvalue weighted by molar-refractivity contribution is 0.245. The number of hydrogen-bond acceptors (Lipinski definition) is 4. The Morgan fingerprint density at radius 2 is 1.95 bits per heavy atom. The fraction of sp³-hybridized carbons (Fsp3) is 1.00. The smallest absolute Gasteiger partial charge is 0.279 e. The zero-order chi connectivity index (χ0) is 15.3. The molecule has 2 rings (SSSR count). The summed E-state index contributed by atoms with van der Waals surface area (Å²) in [6.07, 6.45) is 4.13. The van der Waals surface area contributed by atoms with E-state index < -0.39 is 10.2 Å². The molecule has 0 aromatic heterocycles. The molecule has 0 aromatic rings. The molecule has 2 atom stereocenters. The normalized spacial score (nSPS) is 29.0. The van der Waals surface area contributed by atoms with Gasteiger partial charge in [0.15, 0.2) is 0 Å². The molecular weight excluding hydrogens is 288 g/mol. The van der Waals surface area contributed by atoms with E-state index in [4.69, 9.17) is 0 Å². The Bertz CT molecular complexity index is 413. The van der Waals surface area contributed by atoms with Crippen LogP contribution in [0, 0.1) is 5.92 Å². The second kappa shape index (κ2) is 7.87. The van der Waals surface area contributed by atoms with E-state index in [1.54, 1.807) is 4.31 Å². The third-order valence-electron chi connectivity index (χ3n) is 4.69. The summed E-state index contributed by atoms with van der Waals surface area (Å²) in [5.41, 5.74) is 0. The quantitative estimate of drug-likeness (QED) is 0.706. The van der Waals surface area contributed by atoms with E-state index in [1.807, 2.05) is 7.05 Å². The standard InChI is InChI=1S/C14H30N4O2S/c1-3-17-9-7-13(12-17)10-16-21(19,20)18-8-5-4-6-14(18)11-15-2/h13-16H,3-12H2,1-2H3. The minimum atomic E-state index is -3.34. The van der Waals surface area contributed by atoms with E-state index in [1.165, 1.54) is 0 Å². The van der Waals surface area contributed by atoms with Crippen LogP contribution in [0.4, 0.5) is 0 Å². The maximum Gasteiger partial charge on any atom is 0.279 e.